The molecule has 0 bridgehead atoms. The van der Waals surface area contributed by atoms with Crippen LogP contribution in [0, 0.1) is 17.3 Å². The molecule has 0 heterocycles. The molecule has 4 rings (SSSR count). The fourth-order valence-electron chi connectivity index (χ4n) is 6.18. The van der Waals surface area contributed by atoms with E-state index in [1.54, 1.807) is 7.11 Å². The van der Waals surface area contributed by atoms with Crippen molar-refractivity contribution in [1.29, 1.82) is 0 Å². The highest BCUT2D eigenvalue weighted by atomic mass is 28.4. The van der Waals surface area contributed by atoms with E-state index in [9.17, 15) is 4.79 Å². The lowest BCUT2D eigenvalue weighted by molar-refractivity contribution is -0.153. The van der Waals surface area contributed by atoms with E-state index in [4.69, 9.17) is 19.6 Å². The molecular formula is C28H37NO4Si. The Morgan fingerprint density at radius 1 is 1.06 bits per heavy atom. The van der Waals surface area contributed by atoms with Gasteiger partial charge in [-0.3, -0.25) is 4.79 Å². The Morgan fingerprint density at radius 2 is 1.65 bits per heavy atom. The molecule has 1 saturated carbocycles. The third-order valence-electron chi connectivity index (χ3n) is 7.77. The van der Waals surface area contributed by atoms with Crippen LogP contribution in [0.1, 0.15) is 33.6 Å². The molecule has 1 fully saturated rings. The Morgan fingerprint density at radius 3 is 2.15 bits per heavy atom. The number of nitrogens with two attached hydrogens (primary N) is 1. The number of primary amides is 1. The number of ether oxygens (including phenoxy) is 2. The molecule has 1 amide bonds. The van der Waals surface area contributed by atoms with Crippen LogP contribution < -0.4 is 16.1 Å². The van der Waals surface area contributed by atoms with Gasteiger partial charge in [0.2, 0.25) is 5.91 Å². The Balaban J connectivity index is 1.83. The van der Waals surface area contributed by atoms with Crippen LogP contribution in [0.3, 0.4) is 0 Å². The first-order chi connectivity index (χ1) is 16.3. The number of carbonyl (C=O) groups is 1. The molecule has 0 aromatic heterocycles. The third-order valence-corrected chi connectivity index (χ3v) is 12.7. The van der Waals surface area contributed by atoms with E-state index in [-0.39, 0.29) is 36.4 Å². The van der Waals surface area contributed by atoms with Crippen LogP contribution in [0.15, 0.2) is 72.8 Å². The van der Waals surface area contributed by atoms with Crippen LogP contribution in [0.4, 0.5) is 0 Å². The van der Waals surface area contributed by atoms with Crippen LogP contribution in [0.25, 0.3) is 0 Å². The van der Waals surface area contributed by atoms with Crippen LogP contribution in [-0.2, 0) is 18.7 Å². The summed E-state index contributed by atoms with van der Waals surface area (Å²) in [7, 11) is -1.24. The van der Waals surface area contributed by atoms with Crippen molar-refractivity contribution < 1.29 is 18.7 Å². The van der Waals surface area contributed by atoms with Crippen molar-refractivity contribution in [2.45, 2.75) is 44.8 Å². The lowest BCUT2D eigenvalue weighted by Crippen LogP contribution is -2.68. The van der Waals surface area contributed by atoms with E-state index in [1.807, 2.05) is 12.1 Å². The van der Waals surface area contributed by atoms with Gasteiger partial charge in [-0.1, -0.05) is 93.6 Å². The van der Waals surface area contributed by atoms with Crippen LogP contribution in [0.2, 0.25) is 5.04 Å². The monoisotopic (exact) mass is 479 g/mol. The molecule has 182 valence electrons. The maximum absolute atomic E-state index is 13.3. The van der Waals surface area contributed by atoms with Gasteiger partial charge in [0.05, 0.1) is 12.7 Å². The first kappa shape index (κ1) is 24.9. The Labute approximate surface area is 204 Å². The summed E-state index contributed by atoms with van der Waals surface area (Å²) >= 11 is 0. The minimum Gasteiger partial charge on any atom is -0.406 e. The molecule has 0 unspecified atom stereocenters. The van der Waals surface area contributed by atoms with E-state index in [1.165, 1.54) is 10.4 Å². The quantitative estimate of drug-likeness (QED) is 0.339. The molecule has 2 aliphatic carbocycles. The van der Waals surface area contributed by atoms with Gasteiger partial charge in [0.1, 0.15) is 12.2 Å². The highest BCUT2D eigenvalue weighted by Gasteiger charge is 2.61. The zero-order valence-electron chi connectivity index (χ0n) is 20.7. The van der Waals surface area contributed by atoms with Gasteiger partial charge in [0.25, 0.3) is 8.32 Å². The molecule has 34 heavy (non-hydrogen) atoms. The number of hydrogen-bond donors (Lipinski definition) is 1. The predicted molar refractivity (Wildman–Crippen MR) is 137 cm³/mol. The molecular weight excluding hydrogens is 442 g/mol. The van der Waals surface area contributed by atoms with Crippen LogP contribution >= 0.6 is 0 Å². The maximum Gasteiger partial charge on any atom is 0.261 e. The minimum absolute atomic E-state index is 0.00470. The topological polar surface area (TPSA) is 70.8 Å². The summed E-state index contributed by atoms with van der Waals surface area (Å²) in [6.07, 6.45) is 5.69. The fraction of sp³-hybridized carbons (Fsp3) is 0.464. The van der Waals surface area contributed by atoms with Gasteiger partial charge >= 0.3 is 0 Å². The molecule has 4 atom stereocenters. The molecule has 5 nitrogen and oxygen atoms in total. The maximum atomic E-state index is 13.3. The molecule has 0 saturated heterocycles. The Bertz CT molecular complexity index is 965. The number of hydrogen-bond acceptors (Lipinski definition) is 4. The summed E-state index contributed by atoms with van der Waals surface area (Å²) in [5.74, 6) is -0.0206. The second-order valence-electron chi connectivity index (χ2n) is 10.6. The first-order valence-electron chi connectivity index (χ1n) is 12.1. The van der Waals surface area contributed by atoms with Gasteiger partial charge < -0.3 is 19.6 Å². The molecule has 0 aliphatic heterocycles. The number of rotatable bonds is 9. The molecule has 6 heteroatoms. The third kappa shape index (κ3) is 4.07. The number of fused-ring (bicyclic) bond motifs is 1. The second-order valence-corrected chi connectivity index (χ2v) is 14.9. The smallest absolute Gasteiger partial charge is 0.261 e. The zero-order valence-corrected chi connectivity index (χ0v) is 21.7. The normalized spacial score (nSPS) is 26.5. The summed E-state index contributed by atoms with van der Waals surface area (Å²) in [5, 5.41) is 2.17. The van der Waals surface area contributed by atoms with Crippen molar-refractivity contribution in [3.63, 3.8) is 0 Å². The van der Waals surface area contributed by atoms with E-state index >= 15 is 0 Å². The fourth-order valence-corrected chi connectivity index (χ4v) is 10.8. The van der Waals surface area contributed by atoms with E-state index < -0.39 is 13.7 Å². The molecule has 2 N–H and O–H groups in total. The molecule has 2 aromatic carbocycles. The number of allylic oxidation sites excluding steroid dienone is 2. The number of amides is 1. The van der Waals surface area contributed by atoms with Crippen molar-refractivity contribution in [3.05, 3.63) is 72.8 Å². The SMILES string of the molecule is COCO[C@H]1C[C@H]2CC=C[C@H]2[C@@]1(CO[Si](c1ccccc1)(c1ccccc1)C(C)(C)C)C(N)=O. The Kier molecular flexibility index (Phi) is 7.15. The van der Waals surface area contributed by atoms with Gasteiger partial charge in [-0.2, -0.15) is 0 Å². The van der Waals surface area contributed by atoms with E-state index in [2.05, 4.69) is 81.5 Å². The van der Waals surface area contributed by atoms with Crippen molar-refractivity contribution in [3.8, 4) is 0 Å². The molecule has 2 aliphatic rings. The van der Waals surface area contributed by atoms with Crippen molar-refractivity contribution >= 4 is 24.6 Å². The number of carbonyl (C=O) groups excluding carboxylic acids is 1. The first-order valence-corrected chi connectivity index (χ1v) is 14.0. The van der Waals surface area contributed by atoms with Gasteiger partial charge in [0, 0.05) is 7.11 Å². The van der Waals surface area contributed by atoms with Crippen molar-refractivity contribution in [2.75, 3.05) is 20.5 Å². The summed E-state index contributed by atoms with van der Waals surface area (Å²) in [4.78, 5) is 13.3. The average Bonchev–Trinajstić information content (AvgIpc) is 3.39. The Hall–Kier alpha value is -2.25. The predicted octanol–water partition coefficient (Wildman–Crippen LogP) is 3.62. The lowest BCUT2D eigenvalue weighted by Gasteiger charge is -2.46. The van der Waals surface area contributed by atoms with Crippen LogP contribution in [0.5, 0.6) is 0 Å². The minimum atomic E-state index is -2.83. The van der Waals surface area contributed by atoms with Gasteiger partial charge in [-0.15, -0.1) is 0 Å². The molecule has 0 spiro atoms. The van der Waals surface area contributed by atoms with Gasteiger partial charge in [-0.05, 0) is 40.1 Å². The van der Waals surface area contributed by atoms with E-state index in [0.29, 0.717) is 5.92 Å². The summed E-state index contributed by atoms with van der Waals surface area (Å²) < 4.78 is 18.5. The molecule has 2 aromatic rings. The number of methoxy groups -OCH3 is 1. The average molecular weight is 480 g/mol. The summed E-state index contributed by atoms with van der Waals surface area (Å²) in [5.41, 5.74) is 5.27. The van der Waals surface area contributed by atoms with E-state index in [0.717, 1.165) is 12.8 Å². The summed E-state index contributed by atoms with van der Waals surface area (Å²) in [6.45, 7) is 7.06. The standard InChI is InChI=1S/C28H37NO4Si/c1-27(2,3)34(22-13-7-5-8-14-22,23-15-9-6-10-16-23)33-19-28(26(29)30)24-17-11-12-21(24)18-25(28)32-20-31-4/h5-11,13-17,21,24-25H,12,18-20H2,1-4H3,(H2,29,30)/t21-,24-,25+,28-/m1/s1. The van der Waals surface area contributed by atoms with Gasteiger partial charge in [-0.25, -0.2) is 0 Å². The van der Waals surface area contributed by atoms with Crippen LogP contribution in [-0.4, -0.2) is 40.8 Å². The lowest BCUT2D eigenvalue weighted by atomic mass is 9.75. The molecule has 0 radical (unpaired) electrons. The van der Waals surface area contributed by atoms with Crippen molar-refractivity contribution in [2.24, 2.45) is 23.0 Å². The zero-order chi connectivity index (χ0) is 24.4. The second kappa shape index (κ2) is 9.78. The number of benzene rings is 2. The summed E-state index contributed by atoms with van der Waals surface area (Å²) in [6, 6.07) is 21.0. The van der Waals surface area contributed by atoms with Gasteiger partial charge in [0.15, 0.2) is 0 Å². The van der Waals surface area contributed by atoms with Crippen molar-refractivity contribution in [1.82, 2.24) is 0 Å². The highest BCUT2D eigenvalue weighted by Crippen LogP contribution is 2.54. The highest BCUT2D eigenvalue weighted by molar-refractivity contribution is 6.99. The largest absolute Gasteiger partial charge is 0.406 e.